The fraction of sp³-hybridized carbons (Fsp3) is 0.406. The van der Waals surface area contributed by atoms with Crippen molar-refractivity contribution in [3.8, 4) is 11.3 Å². The molecule has 1 N–H and O–H groups in total. The first-order valence-electron chi connectivity index (χ1n) is 14.6. The van der Waals surface area contributed by atoms with Gasteiger partial charge in [-0.25, -0.2) is 12.8 Å². The smallest absolute Gasteiger partial charge is 0.435 e. The predicted molar refractivity (Wildman–Crippen MR) is 154 cm³/mol. The zero-order valence-electron chi connectivity index (χ0n) is 24.6. The number of carboxylic acids is 1. The van der Waals surface area contributed by atoms with Crippen LogP contribution in [0.25, 0.3) is 11.3 Å². The fourth-order valence-corrected chi connectivity index (χ4v) is 8.62. The van der Waals surface area contributed by atoms with Crippen LogP contribution in [0.2, 0.25) is 0 Å². The molecule has 1 saturated heterocycles. The van der Waals surface area contributed by atoms with E-state index in [0.717, 1.165) is 12.1 Å². The minimum atomic E-state index is -6.36. The van der Waals surface area contributed by atoms with E-state index >= 15 is 0 Å². The van der Waals surface area contributed by atoms with Crippen LogP contribution in [-0.2, 0) is 29.8 Å². The molecular weight excluding hydrogens is 657 g/mol. The largest absolute Gasteiger partial charge is 0.481 e. The Balaban J connectivity index is 1.57. The molecule has 47 heavy (non-hydrogen) atoms. The molecular formula is C32H29F7N2O5S. The number of carboxylic acid groups (broad SMARTS) is 1. The normalized spacial score (nSPS) is 22.7. The third-order valence-electron chi connectivity index (χ3n) is 9.18. The summed E-state index contributed by atoms with van der Waals surface area (Å²) < 4.78 is 123. The van der Waals surface area contributed by atoms with Gasteiger partial charge < -0.3 is 10.0 Å². The molecule has 2 heterocycles. The number of aliphatic carboxylic acids is 1. The standard InChI is InChI=1S/C32H29F7N2O5S/c33-30(31(34,35)36,32(37,38)39)24-13-11-23(12-14-24)29(15-17-41(19-29)27(42)20-7-9-21(10-8-20)28(43)44)47(45,46)25-5-3-4-22(18-25)26-6-1-2-16-40-26/h1-6,11-14,16,18,20-21H,7-10,15,17,19H2,(H,43,44)/t20-,21-,29?. The van der Waals surface area contributed by atoms with Crippen LogP contribution >= 0.6 is 0 Å². The number of carbonyl (C=O) groups excluding carboxylic acids is 1. The highest BCUT2D eigenvalue weighted by Crippen LogP contribution is 2.54. The molecule has 1 aliphatic heterocycles. The van der Waals surface area contributed by atoms with Gasteiger partial charge in [0, 0.05) is 36.3 Å². The number of likely N-dealkylation sites (tertiary alicyclic amines) is 1. The van der Waals surface area contributed by atoms with Crippen LogP contribution in [0.3, 0.4) is 0 Å². The fourth-order valence-electron chi connectivity index (χ4n) is 6.50. The maximum absolute atomic E-state index is 14.8. The van der Waals surface area contributed by atoms with Gasteiger partial charge in [0.15, 0.2) is 9.84 Å². The first-order chi connectivity index (χ1) is 21.9. The quantitative estimate of drug-likeness (QED) is 0.274. The van der Waals surface area contributed by atoms with Crippen LogP contribution in [-0.4, -0.2) is 60.7 Å². The Labute approximate surface area is 265 Å². The number of nitrogens with zero attached hydrogens (tertiary/aromatic N) is 2. The van der Waals surface area contributed by atoms with Gasteiger partial charge in [-0.15, -0.1) is 0 Å². The molecule has 5 rings (SSSR count). The van der Waals surface area contributed by atoms with Gasteiger partial charge in [0.25, 0.3) is 0 Å². The molecule has 3 aromatic rings. The van der Waals surface area contributed by atoms with Gasteiger partial charge in [-0.1, -0.05) is 42.5 Å². The SMILES string of the molecule is O=C(O)[C@H]1CC[C@H](C(=O)N2CCC(c3ccc(C(F)(C(F)(F)F)C(F)(F)F)cc3)(S(=O)(=O)c3cccc(-c4ccccn4)c3)C2)CC1. The number of aromatic nitrogens is 1. The van der Waals surface area contributed by atoms with Crippen molar-refractivity contribution in [3.05, 3.63) is 84.1 Å². The average Bonchev–Trinajstić information content (AvgIpc) is 3.51. The number of amides is 1. The van der Waals surface area contributed by atoms with Crippen LogP contribution in [0.5, 0.6) is 0 Å². The number of benzene rings is 2. The Hall–Kier alpha value is -4.01. The monoisotopic (exact) mass is 686 g/mol. The summed E-state index contributed by atoms with van der Waals surface area (Å²) in [6.45, 7) is -0.601. The van der Waals surface area contributed by atoms with Crippen molar-refractivity contribution in [1.29, 1.82) is 0 Å². The lowest BCUT2D eigenvalue weighted by Gasteiger charge is -2.33. The molecule has 1 atom stereocenters. The first kappa shape index (κ1) is 34.3. The van der Waals surface area contributed by atoms with Crippen LogP contribution in [0.4, 0.5) is 30.7 Å². The zero-order chi connectivity index (χ0) is 34.4. The summed E-state index contributed by atoms with van der Waals surface area (Å²) in [6, 6.07) is 12.7. The van der Waals surface area contributed by atoms with Crippen molar-refractivity contribution in [1.82, 2.24) is 9.88 Å². The highest BCUT2D eigenvalue weighted by atomic mass is 32.2. The van der Waals surface area contributed by atoms with E-state index in [1.165, 1.54) is 29.3 Å². The lowest BCUT2D eigenvalue weighted by atomic mass is 9.81. The molecule has 2 aliphatic rings. The number of halogens is 7. The molecule has 0 radical (unpaired) electrons. The van der Waals surface area contributed by atoms with Crippen LogP contribution in [0.1, 0.15) is 43.2 Å². The molecule has 1 amide bonds. The minimum Gasteiger partial charge on any atom is -0.481 e. The number of rotatable bonds is 7. The molecule has 1 aliphatic carbocycles. The van der Waals surface area contributed by atoms with E-state index in [4.69, 9.17) is 0 Å². The second-order valence-electron chi connectivity index (χ2n) is 11.9. The van der Waals surface area contributed by atoms with E-state index in [1.807, 2.05) is 0 Å². The summed E-state index contributed by atoms with van der Waals surface area (Å²) in [5.41, 5.74) is -6.86. The number of sulfone groups is 1. The second-order valence-corrected chi connectivity index (χ2v) is 14.1. The molecule has 0 bridgehead atoms. The van der Waals surface area contributed by atoms with Crippen molar-refractivity contribution in [2.24, 2.45) is 11.8 Å². The first-order valence-corrected chi connectivity index (χ1v) is 16.1. The van der Waals surface area contributed by atoms with Crippen molar-refractivity contribution in [2.45, 2.75) is 59.8 Å². The number of hydrogen-bond acceptors (Lipinski definition) is 5. The number of carbonyl (C=O) groups is 2. The Morgan fingerprint density at radius 1 is 0.830 bits per heavy atom. The van der Waals surface area contributed by atoms with Crippen molar-refractivity contribution < 1.29 is 53.8 Å². The summed E-state index contributed by atoms with van der Waals surface area (Å²) in [7, 11) is -4.54. The van der Waals surface area contributed by atoms with E-state index in [9.17, 15) is 53.8 Å². The number of hydrogen-bond donors (Lipinski definition) is 1. The molecule has 7 nitrogen and oxygen atoms in total. The zero-order valence-corrected chi connectivity index (χ0v) is 25.4. The summed E-state index contributed by atoms with van der Waals surface area (Å²) in [4.78, 5) is 30.2. The molecule has 15 heteroatoms. The van der Waals surface area contributed by atoms with Crippen molar-refractivity contribution in [3.63, 3.8) is 0 Å². The summed E-state index contributed by atoms with van der Waals surface area (Å²) in [5.74, 6) is -2.61. The van der Waals surface area contributed by atoms with E-state index in [-0.39, 0.29) is 61.2 Å². The van der Waals surface area contributed by atoms with Gasteiger partial charge in [-0.3, -0.25) is 14.6 Å². The van der Waals surface area contributed by atoms with E-state index in [0.29, 0.717) is 11.3 Å². The summed E-state index contributed by atoms with van der Waals surface area (Å²) in [6.07, 6.45) is -10.5. The van der Waals surface area contributed by atoms with Crippen LogP contribution < -0.4 is 0 Å². The van der Waals surface area contributed by atoms with Crippen molar-refractivity contribution in [2.75, 3.05) is 13.1 Å². The molecule has 1 saturated carbocycles. The van der Waals surface area contributed by atoms with Gasteiger partial charge in [-0.05, 0) is 61.9 Å². The minimum absolute atomic E-state index is 0.114. The van der Waals surface area contributed by atoms with Crippen LogP contribution in [0.15, 0.2) is 77.8 Å². The molecule has 2 aromatic carbocycles. The molecule has 2 fully saturated rings. The van der Waals surface area contributed by atoms with Gasteiger partial charge in [-0.2, -0.15) is 26.3 Å². The van der Waals surface area contributed by atoms with Gasteiger partial charge in [0.1, 0.15) is 4.75 Å². The molecule has 1 aromatic heterocycles. The lowest BCUT2D eigenvalue weighted by Crippen LogP contribution is -2.50. The summed E-state index contributed by atoms with van der Waals surface area (Å²) >= 11 is 0. The van der Waals surface area contributed by atoms with Crippen LogP contribution in [0, 0.1) is 11.8 Å². The third kappa shape index (κ3) is 5.98. The Bertz CT molecular complexity index is 1730. The van der Waals surface area contributed by atoms with E-state index in [2.05, 4.69) is 4.98 Å². The molecule has 1 unspecified atom stereocenters. The Morgan fingerprint density at radius 2 is 1.45 bits per heavy atom. The topological polar surface area (TPSA) is 105 Å². The lowest BCUT2D eigenvalue weighted by molar-refractivity contribution is -0.348. The second kappa shape index (κ2) is 12.2. The van der Waals surface area contributed by atoms with E-state index in [1.54, 1.807) is 24.3 Å². The van der Waals surface area contributed by atoms with Crippen molar-refractivity contribution >= 4 is 21.7 Å². The number of pyridine rings is 1. The van der Waals surface area contributed by atoms with Gasteiger partial charge in [0.2, 0.25) is 5.91 Å². The maximum Gasteiger partial charge on any atom is 0.435 e. The van der Waals surface area contributed by atoms with Gasteiger partial charge in [0.05, 0.1) is 16.5 Å². The Kier molecular flexibility index (Phi) is 8.92. The highest BCUT2D eigenvalue weighted by molar-refractivity contribution is 7.92. The number of alkyl halides is 7. The van der Waals surface area contributed by atoms with E-state index < -0.39 is 68.4 Å². The highest BCUT2D eigenvalue weighted by Gasteiger charge is 2.73. The Morgan fingerprint density at radius 3 is 2.00 bits per heavy atom. The third-order valence-corrected chi connectivity index (χ3v) is 11.7. The maximum atomic E-state index is 14.8. The predicted octanol–water partition coefficient (Wildman–Crippen LogP) is 6.83. The summed E-state index contributed by atoms with van der Waals surface area (Å²) in [5, 5.41) is 9.30. The van der Waals surface area contributed by atoms with Gasteiger partial charge >= 0.3 is 24.0 Å². The molecule has 0 spiro atoms. The molecule has 252 valence electrons. The average molecular weight is 687 g/mol.